The quantitative estimate of drug-likeness (QED) is 0.844. The van der Waals surface area contributed by atoms with E-state index >= 15 is 0 Å². The van der Waals surface area contributed by atoms with Crippen LogP contribution in [0.3, 0.4) is 0 Å². The Kier molecular flexibility index (Phi) is 4.32. The molecule has 2 fully saturated rings. The fraction of sp³-hybridized carbons (Fsp3) is 0.471. The molecule has 6 heteroatoms. The topological polar surface area (TPSA) is 78.5 Å². The Morgan fingerprint density at radius 3 is 2.57 bits per heavy atom. The van der Waals surface area contributed by atoms with Gasteiger partial charge in [0, 0.05) is 24.7 Å². The summed E-state index contributed by atoms with van der Waals surface area (Å²) in [6, 6.07) is 9.00. The van der Waals surface area contributed by atoms with Crippen molar-refractivity contribution in [3.05, 3.63) is 30.3 Å². The molecular weight excluding hydrogens is 294 g/mol. The molecule has 0 bridgehead atoms. The maximum Gasteiger partial charge on any atom is 0.242 e. The summed E-state index contributed by atoms with van der Waals surface area (Å²) in [5.41, 5.74) is 0.798. The smallest absolute Gasteiger partial charge is 0.242 e. The lowest BCUT2D eigenvalue weighted by atomic mass is 10.1. The van der Waals surface area contributed by atoms with E-state index in [0.717, 1.165) is 18.5 Å². The minimum Gasteiger partial charge on any atom is -0.352 e. The minimum absolute atomic E-state index is 0.0635. The number of rotatable bonds is 5. The average Bonchev–Trinajstić information content (AvgIpc) is 3.27. The number of carbonyl (C=O) groups is 3. The Morgan fingerprint density at radius 1 is 1.22 bits per heavy atom. The van der Waals surface area contributed by atoms with Crippen LogP contribution >= 0.6 is 0 Å². The van der Waals surface area contributed by atoms with Gasteiger partial charge in [-0.25, -0.2) is 0 Å². The molecule has 1 saturated heterocycles. The standard InChI is InChI=1S/C17H21N3O3/c1-11(16(22)19-13-7-8-13)18-17(23)12-9-15(21)20(10-12)14-5-3-2-4-6-14/h2-6,11-13H,7-10H2,1H3,(H,18,23)(H,19,22)/t11-,12+/m0/s1. The number of carbonyl (C=O) groups excluding carboxylic acids is 3. The molecule has 1 aliphatic heterocycles. The third kappa shape index (κ3) is 3.70. The minimum atomic E-state index is -0.580. The monoisotopic (exact) mass is 315 g/mol. The molecule has 1 aromatic rings. The van der Waals surface area contributed by atoms with Crippen LogP contribution in [0.2, 0.25) is 0 Å². The average molecular weight is 315 g/mol. The van der Waals surface area contributed by atoms with Gasteiger partial charge in [0.05, 0.1) is 5.92 Å². The molecule has 0 spiro atoms. The van der Waals surface area contributed by atoms with E-state index in [2.05, 4.69) is 10.6 Å². The fourth-order valence-electron chi connectivity index (χ4n) is 2.69. The van der Waals surface area contributed by atoms with Crippen molar-refractivity contribution >= 4 is 23.4 Å². The fourth-order valence-corrected chi connectivity index (χ4v) is 2.69. The number of hydrogen-bond acceptors (Lipinski definition) is 3. The van der Waals surface area contributed by atoms with Crippen molar-refractivity contribution in [2.45, 2.75) is 38.3 Å². The number of hydrogen-bond donors (Lipinski definition) is 2. The van der Waals surface area contributed by atoms with Crippen molar-refractivity contribution < 1.29 is 14.4 Å². The van der Waals surface area contributed by atoms with Gasteiger partial charge in [-0.1, -0.05) is 18.2 Å². The second kappa shape index (κ2) is 6.40. The summed E-state index contributed by atoms with van der Waals surface area (Å²) < 4.78 is 0. The van der Waals surface area contributed by atoms with Gasteiger partial charge in [0.1, 0.15) is 6.04 Å². The Labute approximate surface area is 135 Å². The summed E-state index contributed by atoms with van der Waals surface area (Å²) >= 11 is 0. The van der Waals surface area contributed by atoms with Gasteiger partial charge < -0.3 is 15.5 Å². The lowest BCUT2D eigenvalue weighted by Gasteiger charge is -2.18. The SMILES string of the molecule is C[C@H](NC(=O)[C@@H]1CC(=O)N(c2ccccc2)C1)C(=O)NC1CC1. The molecule has 6 nitrogen and oxygen atoms in total. The van der Waals surface area contributed by atoms with Crippen LogP contribution in [-0.2, 0) is 14.4 Å². The Morgan fingerprint density at radius 2 is 1.91 bits per heavy atom. The van der Waals surface area contributed by atoms with Crippen LogP contribution in [0.1, 0.15) is 26.2 Å². The van der Waals surface area contributed by atoms with Gasteiger partial charge in [-0.05, 0) is 31.9 Å². The Hall–Kier alpha value is -2.37. The number of nitrogens with zero attached hydrogens (tertiary/aromatic N) is 1. The predicted molar refractivity (Wildman–Crippen MR) is 85.7 cm³/mol. The van der Waals surface area contributed by atoms with Crippen molar-refractivity contribution in [1.82, 2.24) is 10.6 Å². The van der Waals surface area contributed by atoms with Gasteiger partial charge in [0.2, 0.25) is 17.7 Å². The van der Waals surface area contributed by atoms with Gasteiger partial charge in [0.15, 0.2) is 0 Å². The van der Waals surface area contributed by atoms with E-state index in [1.165, 1.54) is 0 Å². The summed E-state index contributed by atoms with van der Waals surface area (Å²) in [6.07, 6.45) is 2.20. The molecule has 0 aromatic heterocycles. The summed E-state index contributed by atoms with van der Waals surface area (Å²) in [7, 11) is 0. The second-order valence-electron chi connectivity index (χ2n) is 6.25. The van der Waals surface area contributed by atoms with Gasteiger partial charge >= 0.3 is 0 Å². The molecule has 1 aliphatic carbocycles. The first-order valence-electron chi connectivity index (χ1n) is 8.01. The summed E-state index contributed by atoms with van der Waals surface area (Å²) in [4.78, 5) is 38.0. The number of amides is 3. The Bertz CT molecular complexity index is 613. The second-order valence-corrected chi connectivity index (χ2v) is 6.25. The van der Waals surface area contributed by atoms with Crippen molar-refractivity contribution in [3.63, 3.8) is 0 Å². The first kappa shape index (κ1) is 15.5. The maximum atomic E-state index is 12.3. The highest BCUT2D eigenvalue weighted by Gasteiger charge is 2.36. The molecule has 2 atom stereocenters. The highest BCUT2D eigenvalue weighted by molar-refractivity contribution is 6.01. The maximum absolute atomic E-state index is 12.3. The highest BCUT2D eigenvalue weighted by atomic mass is 16.2. The zero-order valence-electron chi connectivity index (χ0n) is 13.1. The van der Waals surface area contributed by atoms with E-state index in [9.17, 15) is 14.4 Å². The number of benzene rings is 1. The van der Waals surface area contributed by atoms with Crippen LogP contribution in [0.5, 0.6) is 0 Å². The van der Waals surface area contributed by atoms with Gasteiger partial charge in [0.25, 0.3) is 0 Å². The van der Waals surface area contributed by atoms with E-state index in [1.54, 1.807) is 11.8 Å². The summed E-state index contributed by atoms with van der Waals surface area (Å²) in [6.45, 7) is 2.02. The molecule has 0 radical (unpaired) electrons. The zero-order valence-corrected chi connectivity index (χ0v) is 13.1. The van der Waals surface area contributed by atoms with Crippen LogP contribution in [0.4, 0.5) is 5.69 Å². The van der Waals surface area contributed by atoms with E-state index in [0.29, 0.717) is 6.54 Å². The molecule has 23 heavy (non-hydrogen) atoms. The van der Waals surface area contributed by atoms with Crippen LogP contribution in [0.15, 0.2) is 30.3 Å². The molecule has 1 saturated carbocycles. The predicted octanol–water partition coefficient (Wildman–Crippen LogP) is 0.823. The molecule has 2 N–H and O–H groups in total. The molecule has 3 rings (SSSR count). The molecule has 2 aliphatic rings. The summed E-state index contributed by atoms with van der Waals surface area (Å²) in [5.74, 6) is -0.884. The molecule has 1 heterocycles. The third-order valence-electron chi connectivity index (χ3n) is 4.24. The number of anilines is 1. The van der Waals surface area contributed by atoms with Crippen molar-refractivity contribution in [1.29, 1.82) is 0 Å². The first-order chi connectivity index (χ1) is 11.0. The molecule has 0 unspecified atom stereocenters. The van der Waals surface area contributed by atoms with Crippen LogP contribution < -0.4 is 15.5 Å². The normalized spacial score (nSPS) is 21.9. The first-order valence-corrected chi connectivity index (χ1v) is 8.01. The van der Waals surface area contributed by atoms with Crippen molar-refractivity contribution in [2.75, 3.05) is 11.4 Å². The van der Waals surface area contributed by atoms with Gasteiger partial charge in [-0.2, -0.15) is 0 Å². The van der Waals surface area contributed by atoms with Crippen molar-refractivity contribution in [3.8, 4) is 0 Å². The van der Waals surface area contributed by atoms with Gasteiger partial charge in [-0.3, -0.25) is 14.4 Å². The highest BCUT2D eigenvalue weighted by Crippen LogP contribution is 2.25. The molecule has 1 aromatic carbocycles. The van der Waals surface area contributed by atoms with E-state index in [4.69, 9.17) is 0 Å². The summed E-state index contributed by atoms with van der Waals surface area (Å²) in [5, 5.41) is 5.58. The molecule has 122 valence electrons. The van der Waals surface area contributed by atoms with Crippen LogP contribution in [-0.4, -0.2) is 36.3 Å². The van der Waals surface area contributed by atoms with Gasteiger partial charge in [-0.15, -0.1) is 0 Å². The zero-order chi connectivity index (χ0) is 16.4. The van der Waals surface area contributed by atoms with Crippen LogP contribution in [0, 0.1) is 5.92 Å². The Balaban J connectivity index is 1.56. The third-order valence-corrected chi connectivity index (χ3v) is 4.24. The number of para-hydroxylation sites is 1. The van der Waals surface area contributed by atoms with E-state index < -0.39 is 12.0 Å². The van der Waals surface area contributed by atoms with Crippen LogP contribution in [0.25, 0.3) is 0 Å². The molecular formula is C17H21N3O3. The largest absolute Gasteiger partial charge is 0.352 e. The van der Waals surface area contributed by atoms with Crippen molar-refractivity contribution in [2.24, 2.45) is 5.92 Å². The van der Waals surface area contributed by atoms with E-state index in [-0.39, 0.29) is 30.2 Å². The lowest BCUT2D eigenvalue weighted by Crippen LogP contribution is -2.47. The number of nitrogens with one attached hydrogen (secondary N) is 2. The lowest BCUT2D eigenvalue weighted by molar-refractivity contribution is -0.131. The van der Waals surface area contributed by atoms with E-state index in [1.807, 2.05) is 30.3 Å². The molecule has 3 amide bonds.